The van der Waals surface area contributed by atoms with E-state index >= 15 is 0 Å². The van der Waals surface area contributed by atoms with Gasteiger partial charge in [0, 0.05) is 19.6 Å². The summed E-state index contributed by atoms with van der Waals surface area (Å²) in [5.41, 5.74) is 0. The fourth-order valence-electron chi connectivity index (χ4n) is 5.28. The maximum Gasteiger partial charge on any atom is 0.321 e. The first-order valence-electron chi connectivity index (χ1n) is 12.0. The minimum atomic E-state index is -0.707. The molecule has 0 unspecified atom stereocenters. The topological polar surface area (TPSA) is 122 Å². The van der Waals surface area contributed by atoms with Crippen molar-refractivity contribution in [2.24, 2.45) is 11.8 Å². The van der Waals surface area contributed by atoms with Crippen LogP contribution in [-0.4, -0.2) is 89.6 Å². The Labute approximate surface area is 189 Å². The predicted octanol–water partition coefficient (Wildman–Crippen LogP) is 0.943. The molecule has 0 radical (unpaired) electrons. The van der Waals surface area contributed by atoms with Crippen LogP contribution in [0.25, 0.3) is 0 Å². The van der Waals surface area contributed by atoms with E-state index in [4.69, 9.17) is 0 Å². The minimum absolute atomic E-state index is 0.0827. The molecule has 0 aromatic carbocycles. The highest BCUT2D eigenvalue weighted by Gasteiger charge is 2.39. The number of amides is 5. The van der Waals surface area contributed by atoms with Crippen LogP contribution in [0.5, 0.6) is 0 Å². The second kappa shape index (κ2) is 12.2. The maximum absolute atomic E-state index is 13.3. The molecule has 2 atom stereocenters. The first-order valence-corrected chi connectivity index (χ1v) is 12.0. The van der Waals surface area contributed by atoms with E-state index in [1.165, 1.54) is 17.7 Å². The van der Waals surface area contributed by atoms with Gasteiger partial charge in [-0.2, -0.15) is 0 Å². The van der Waals surface area contributed by atoms with E-state index in [1.54, 1.807) is 0 Å². The molecule has 0 spiro atoms. The first kappa shape index (κ1) is 24.4. The van der Waals surface area contributed by atoms with Crippen molar-refractivity contribution in [2.45, 2.75) is 63.8 Å². The molecule has 1 saturated carbocycles. The van der Waals surface area contributed by atoms with Crippen LogP contribution >= 0.6 is 0 Å². The molecule has 2 aliphatic heterocycles. The summed E-state index contributed by atoms with van der Waals surface area (Å²) < 4.78 is 0. The van der Waals surface area contributed by atoms with Crippen molar-refractivity contribution in [3.05, 3.63) is 0 Å². The lowest BCUT2D eigenvalue weighted by atomic mass is 9.91. The summed E-state index contributed by atoms with van der Waals surface area (Å²) in [5.74, 6) is -0.883. The van der Waals surface area contributed by atoms with Crippen molar-refractivity contribution in [2.75, 3.05) is 39.3 Å². The number of urea groups is 1. The van der Waals surface area contributed by atoms with E-state index in [1.807, 2.05) is 0 Å². The maximum atomic E-state index is 13.3. The van der Waals surface area contributed by atoms with E-state index in [0.717, 1.165) is 45.3 Å². The van der Waals surface area contributed by atoms with Crippen molar-refractivity contribution in [3.63, 3.8) is 0 Å². The Morgan fingerprint density at radius 2 is 1.75 bits per heavy atom. The van der Waals surface area contributed by atoms with Crippen molar-refractivity contribution in [1.82, 2.24) is 25.5 Å². The standard InChI is InChI=1S/C22H37N5O5/c28-16-26(32)15-18(14-17-6-1-2-7-17)21(30)27-12-5-8-19(27)20(29)24-22(31)23-9-13-25-10-3-4-11-25/h16-19,32H,1-15H2,(H2,23,24,29,31)/t18-,19+/m1/s1. The summed E-state index contributed by atoms with van der Waals surface area (Å²) in [5, 5.41) is 15.3. The number of nitrogens with zero attached hydrogens (tertiary/aromatic N) is 3. The van der Waals surface area contributed by atoms with Crippen molar-refractivity contribution < 1.29 is 24.4 Å². The number of hydrogen-bond acceptors (Lipinski definition) is 6. The molecule has 10 nitrogen and oxygen atoms in total. The van der Waals surface area contributed by atoms with Crippen LogP contribution in [0.3, 0.4) is 0 Å². The summed E-state index contributed by atoms with van der Waals surface area (Å²) in [6, 6.07) is -1.25. The molecule has 0 aromatic rings. The number of rotatable bonds is 10. The third-order valence-corrected chi connectivity index (χ3v) is 6.96. The molecule has 5 amide bonds. The molecular formula is C22H37N5O5. The van der Waals surface area contributed by atoms with Gasteiger partial charge in [0.05, 0.1) is 12.5 Å². The molecule has 2 heterocycles. The Balaban J connectivity index is 1.52. The molecule has 2 saturated heterocycles. The Morgan fingerprint density at radius 1 is 1.03 bits per heavy atom. The lowest BCUT2D eigenvalue weighted by molar-refractivity contribution is -0.158. The molecule has 3 rings (SSSR count). The van der Waals surface area contributed by atoms with Crippen LogP contribution in [0.1, 0.15) is 57.8 Å². The van der Waals surface area contributed by atoms with Crippen molar-refractivity contribution >= 4 is 24.3 Å². The van der Waals surface area contributed by atoms with Gasteiger partial charge in [-0.3, -0.25) is 24.9 Å². The molecular weight excluding hydrogens is 414 g/mol. The number of hydroxylamine groups is 2. The van der Waals surface area contributed by atoms with Gasteiger partial charge in [0.25, 0.3) is 5.91 Å². The third kappa shape index (κ3) is 6.90. The molecule has 10 heteroatoms. The molecule has 3 aliphatic rings. The van der Waals surface area contributed by atoms with E-state index in [-0.39, 0.29) is 12.5 Å². The summed E-state index contributed by atoms with van der Waals surface area (Å²) in [6.07, 6.45) is 8.75. The average Bonchev–Trinajstić information content (AvgIpc) is 3.55. The van der Waals surface area contributed by atoms with E-state index in [0.29, 0.717) is 49.7 Å². The normalized spacial score (nSPS) is 22.7. The molecule has 1 aliphatic carbocycles. The van der Waals surface area contributed by atoms with Gasteiger partial charge in [-0.25, -0.2) is 9.86 Å². The van der Waals surface area contributed by atoms with Crippen LogP contribution in [0.15, 0.2) is 0 Å². The average molecular weight is 452 g/mol. The number of nitrogens with one attached hydrogen (secondary N) is 2. The van der Waals surface area contributed by atoms with E-state index in [9.17, 15) is 24.4 Å². The second-order valence-electron chi connectivity index (χ2n) is 9.29. The van der Waals surface area contributed by atoms with Crippen molar-refractivity contribution in [3.8, 4) is 0 Å². The smallest absolute Gasteiger partial charge is 0.321 e. The number of hydrogen-bond donors (Lipinski definition) is 3. The number of carbonyl (C=O) groups is 4. The van der Waals surface area contributed by atoms with Crippen LogP contribution in [0.4, 0.5) is 4.79 Å². The number of carbonyl (C=O) groups excluding carboxylic acids is 4. The Kier molecular flexibility index (Phi) is 9.28. The van der Waals surface area contributed by atoms with Gasteiger partial charge in [0.1, 0.15) is 6.04 Å². The van der Waals surface area contributed by atoms with Gasteiger partial charge < -0.3 is 15.1 Å². The lowest BCUT2D eigenvalue weighted by Crippen LogP contribution is -2.52. The van der Waals surface area contributed by atoms with Gasteiger partial charge in [-0.05, 0) is 51.1 Å². The highest BCUT2D eigenvalue weighted by molar-refractivity contribution is 5.99. The zero-order valence-electron chi connectivity index (χ0n) is 18.8. The number of imide groups is 1. The van der Waals surface area contributed by atoms with Gasteiger partial charge in [-0.1, -0.05) is 25.7 Å². The minimum Gasteiger partial charge on any atom is -0.337 e. The van der Waals surface area contributed by atoms with Crippen LogP contribution in [-0.2, 0) is 14.4 Å². The molecule has 3 N–H and O–H groups in total. The van der Waals surface area contributed by atoms with Gasteiger partial charge in [0.15, 0.2) is 0 Å². The summed E-state index contributed by atoms with van der Waals surface area (Å²) in [4.78, 5) is 52.9. The first-order chi connectivity index (χ1) is 15.5. The van der Waals surface area contributed by atoms with Crippen molar-refractivity contribution in [1.29, 1.82) is 0 Å². The fourth-order valence-corrected chi connectivity index (χ4v) is 5.28. The monoisotopic (exact) mass is 451 g/mol. The van der Waals surface area contributed by atoms with E-state index < -0.39 is 23.9 Å². The summed E-state index contributed by atoms with van der Waals surface area (Å²) >= 11 is 0. The molecule has 3 fully saturated rings. The summed E-state index contributed by atoms with van der Waals surface area (Å²) in [6.45, 7) is 3.65. The second-order valence-corrected chi connectivity index (χ2v) is 9.29. The van der Waals surface area contributed by atoms with Crippen LogP contribution in [0, 0.1) is 11.8 Å². The molecule has 0 aromatic heterocycles. The molecule has 32 heavy (non-hydrogen) atoms. The zero-order chi connectivity index (χ0) is 22.9. The number of likely N-dealkylation sites (tertiary alicyclic amines) is 2. The van der Waals surface area contributed by atoms with Crippen LogP contribution < -0.4 is 10.6 Å². The van der Waals surface area contributed by atoms with Gasteiger partial charge in [-0.15, -0.1) is 0 Å². The van der Waals surface area contributed by atoms with E-state index in [2.05, 4.69) is 15.5 Å². The van der Waals surface area contributed by atoms with Crippen LogP contribution in [0.2, 0.25) is 0 Å². The largest absolute Gasteiger partial charge is 0.337 e. The molecule has 0 bridgehead atoms. The zero-order valence-corrected chi connectivity index (χ0v) is 18.8. The third-order valence-electron chi connectivity index (χ3n) is 6.96. The lowest BCUT2D eigenvalue weighted by Gasteiger charge is -2.30. The highest BCUT2D eigenvalue weighted by atomic mass is 16.5. The molecule has 180 valence electrons. The Hall–Kier alpha value is -2.20. The SMILES string of the molecule is O=CN(O)C[C@@H](CC1CCCC1)C(=O)N1CCC[C@H]1C(=O)NC(=O)NCCN1CCCC1. The van der Waals surface area contributed by atoms with Gasteiger partial charge in [0.2, 0.25) is 12.3 Å². The Bertz CT molecular complexity index is 663. The fraction of sp³-hybridized carbons (Fsp3) is 0.818. The predicted molar refractivity (Wildman–Crippen MR) is 117 cm³/mol. The summed E-state index contributed by atoms with van der Waals surface area (Å²) in [7, 11) is 0. The van der Waals surface area contributed by atoms with Gasteiger partial charge >= 0.3 is 6.03 Å². The Morgan fingerprint density at radius 3 is 2.44 bits per heavy atom. The highest BCUT2D eigenvalue weighted by Crippen LogP contribution is 2.32. The quantitative estimate of drug-likeness (QED) is 0.258.